The van der Waals surface area contributed by atoms with E-state index >= 15 is 0 Å². The Balaban J connectivity index is 2.01. The largest absolute Gasteiger partial charge is 0.493 e. The molecule has 0 saturated carbocycles. The minimum absolute atomic E-state index is 0.0239. The van der Waals surface area contributed by atoms with Crippen LogP contribution in [0, 0.1) is 10.1 Å². The number of hydrogen-bond acceptors (Lipinski definition) is 7. The lowest BCUT2D eigenvalue weighted by atomic mass is 10.1. The van der Waals surface area contributed by atoms with Crippen LogP contribution in [0.4, 0.5) is 5.69 Å². The summed E-state index contributed by atoms with van der Waals surface area (Å²) in [5, 5.41) is 14.2. The molecule has 0 aliphatic heterocycles. The third kappa shape index (κ3) is 4.69. The molecule has 26 heavy (non-hydrogen) atoms. The molecule has 0 aliphatic carbocycles. The monoisotopic (exact) mass is 359 g/mol. The van der Waals surface area contributed by atoms with Crippen molar-refractivity contribution in [3.63, 3.8) is 0 Å². The van der Waals surface area contributed by atoms with Crippen LogP contribution in [0.5, 0.6) is 11.5 Å². The fourth-order valence-electron chi connectivity index (χ4n) is 2.09. The molecule has 0 atom stereocenters. The van der Waals surface area contributed by atoms with Crippen LogP contribution in [0.3, 0.4) is 0 Å². The maximum Gasteiger partial charge on any atom is 0.365 e. The first-order chi connectivity index (χ1) is 12.4. The Kier molecular flexibility index (Phi) is 6.10. The molecule has 9 heteroatoms. The van der Waals surface area contributed by atoms with E-state index in [1.165, 1.54) is 38.5 Å². The molecule has 0 unspecified atom stereocenters. The van der Waals surface area contributed by atoms with Crippen molar-refractivity contribution in [2.24, 2.45) is 10.9 Å². The third-order valence-electron chi connectivity index (χ3n) is 3.40. The number of oxime groups is 1. The summed E-state index contributed by atoms with van der Waals surface area (Å²) in [4.78, 5) is 27.0. The molecule has 0 saturated heterocycles. The van der Waals surface area contributed by atoms with Crippen molar-refractivity contribution in [1.82, 2.24) is 0 Å². The molecule has 0 bridgehead atoms. The molecule has 9 nitrogen and oxygen atoms in total. The van der Waals surface area contributed by atoms with Gasteiger partial charge >= 0.3 is 5.97 Å². The van der Waals surface area contributed by atoms with Crippen molar-refractivity contribution >= 4 is 17.5 Å². The molecule has 0 amide bonds. The Morgan fingerprint density at radius 3 is 2.35 bits per heavy atom. The molecule has 0 spiro atoms. The number of benzene rings is 2. The first-order valence-corrected chi connectivity index (χ1v) is 7.43. The predicted octanol–water partition coefficient (Wildman–Crippen LogP) is 2.28. The molecular formula is C17H17N3O6. The maximum absolute atomic E-state index is 12.0. The van der Waals surface area contributed by atoms with Gasteiger partial charge in [0.05, 0.1) is 24.7 Å². The second kappa shape index (κ2) is 8.47. The van der Waals surface area contributed by atoms with Crippen LogP contribution in [-0.4, -0.2) is 30.9 Å². The van der Waals surface area contributed by atoms with Crippen molar-refractivity contribution in [3.05, 3.63) is 63.7 Å². The average Bonchev–Trinajstić information content (AvgIpc) is 2.65. The summed E-state index contributed by atoms with van der Waals surface area (Å²) in [6, 6.07) is 10.4. The zero-order valence-corrected chi connectivity index (χ0v) is 14.2. The number of carbonyl (C=O) groups excluding carboxylic acids is 1. The molecule has 0 aromatic heterocycles. The normalized spacial score (nSPS) is 10.9. The summed E-state index contributed by atoms with van der Waals surface area (Å²) in [5.41, 5.74) is 6.61. The summed E-state index contributed by atoms with van der Waals surface area (Å²) in [7, 11) is 2.94. The van der Waals surface area contributed by atoms with Gasteiger partial charge in [0.15, 0.2) is 11.5 Å². The summed E-state index contributed by atoms with van der Waals surface area (Å²) in [6.45, 7) is 0. The molecule has 2 aromatic rings. The molecule has 0 fully saturated rings. The van der Waals surface area contributed by atoms with E-state index in [9.17, 15) is 14.9 Å². The third-order valence-corrected chi connectivity index (χ3v) is 3.40. The number of rotatable bonds is 7. The van der Waals surface area contributed by atoms with Crippen LogP contribution < -0.4 is 15.2 Å². The molecule has 0 heterocycles. The number of carbonyl (C=O) groups is 1. The second-order valence-corrected chi connectivity index (χ2v) is 5.13. The first-order valence-electron chi connectivity index (χ1n) is 7.43. The summed E-state index contributed by atoms with van der Waals surface area (Å²) >= 11 is 0. The van der Waals surface area contributed by atoms with Gasteiger partial charge in [-0.15, -0.1) is 0 Å². The van der Waals surface area contributed by atoms with Gasteiger partial charge in [-0.2, -0.15) is 0 Å². The molecule has 136 valence electrons. The van der Waals surface area contributed by atoms with Crippen LogP contribution in [-0.2, 0) is 11.3 Å². The van der Waals surface area contributed by atoms with Gasteiger partial charge in [-0.05, 0) is 23.8 Å². The fraction of sp³-hybridized carbons (Fsp3) is 0.176. The number of amidine groups is 1. The van der Waals surface area contributed by atoms with Crippen molar-refractivity contribution < 1.29 is 24.0 Å². The van der Waals surface area contributed by atoms with Crippen molar-refractivity contribution in [3.8, 4) is 11.5 Å². The molecule has 2 aromatic carbocycles. The van der Waals surface area contributed by atoms with E-state index in [4.69, 9.17) is 20.0 Å². The highest BCUT2D eigenvalue weighted by Gasteiger charge is 2.12. The van der Waals surface area contributed by atoms with Crippen LogP contribution in [0.25, 0.3) is 0 Å². The number of nitro benzene ring substituents is 1. The molecular weight excluding hydrogens is 342 g/mol. The molecule has 2 N–H and O–H groups in total. The van der Waals surface area contributed by atoms with Crippen LogP contribution in [0.15, 0.2) is 47.6 Å². The van der Waals surface area contributed by atoms with E-state index in [1.807, 2.05) is 0 Å². The van der Waals surface area contributed by atoms with Crippen LogP contribution in [0.2, 0.25) is 0 Å². The van der Waals surface area contributed by atoms with Crippen LogP contribution >= 0.6 is 0 Å². The number of nitro groups is 1. The van der Waals surface area contributed by atoms with Crippen LogP contribution in [0.1, 0.15) is 15.9 Å². The lowest BCUT2D eigenvalue weighted by molar-refractivity contribution is -0.384. The maximum atomic E-state index is 12.0. The quantitative estimate of drug-likeness (QED) is 0.264. The summed E-state index contributed by atoms with van der Waals surface area (Å²) < 4.78 is 10.2. The SMILES string of the molecule is COc1ccc(C(=O)O/N=C(\N)Cc2ccc([N+](=O)[O-])cc2)cc1OC. The zero-order chi connectivity index (χ0) is 19.1. The van der Waals surface area contributed by atoms with Gasteiger partial charge in [-0.1, -0.05) is 17.3 Å². The number of methoxy groups -OCH3 is 2. The van der Waals surface area contributed by atoms with Gasteiger partial charge in [-0.25, -0.2) is 4.79 Å². The second-order valence-electron chi connectivity index (χ2n) is 5.13. The molecule has 0 radical (unpaired) electrons. The zero-order valence-electron chi connectivity index (χ0n) is 14.2. The number of non-ortho nitro benzene ring substituents is 1. The minimum atomic E-state index is -0.711. The number of nitrogens with zero attached hydrogens (tertiary/aromatic N) is 2. The minimum Gasteiger partial charge on any atom is -0.493 e. The summed E-state index contributed by atoms with van der Waals surface area (Å²) in [6.07, 6.45) is 0.178. The van der Waals surface area contributed by atoms with Crippen molar-refractivity contribution in [1.29, 1.82) is 0 Å². The number of ether oxygens (including phenoxy) is 2. The topological polar surface area (TPSA) is 126 Å². The van der Waals surface area contributed by atoms with E-state index < -0.39 is 10.9 Å². The molecule has 0 aliphatic rings. The van der Waals surface area contributed by atoms with Gasteiger partial charge in [0.2, 0.25) is 0 Å². The molecule has 2 rings (SSSR count). The predicted molar refractivity (Wildman–Crippen MR) is 93.4 cm³/mol. The van der Waals surface area contributed by atoms with Gasteiger partial charge in [0.1, 0.15) is 5.84 Å². The Bertz CT molecular complexity index is 833. The van der Waals surface area contributed by atoms with E-state index in [1.54, 1.807) is 18.2 Å². The van der Waals surface area contributed by atoms with E-state index in [-0.39, 0.29) is 23.5 Å². The fourth-order valence-corrected chi connectivity index (χ4v) is 2.09. The Labute approximate surface area is 149 Å². The smallest absolute Gasteiger partial charge is 0.365 e. The summed E-state index contributed by atoms with van der Waals surface area (Å²) in [5.74, 6) is 0.195. The van der Waals surface area contributed by atoms with E-state index in [2.05, 4.69) is 5.16 Å². The van der Waals surface area contributed by atoms with E-state index in [0.29, 0.717) is 17.1 Å². The lowest BCUT2D eigenvalue weighted by Crippen LogP contribution is -2.16. The lowest BCUT2D eigenvalue weighted by Gasteiger charge is -2.08. The van der Waals surface area contributed by atoms with Gasteiger partial charge in [0, 0.05) is 18.6 Å². The van der Waals surface area contributed by atoms with E-state index in [0.717, 1.165) is 0 Å². The number of hydrogen-bond donors (Lipinski definition) is 1. The van der Waals surface area contributed by atoms with Crippen molar-refractivity contribution in [2.75, 3.05) is 14.2 Å². The van der Waals surface area contributed by atoms with Gasteiger partial charge < -0.3 is 20.0 Å². The Morgan fingerprint density at radius 1 is 1.12 bits per heavy atom. The number of nitrogens with two attached hydrogens (primary N) is 1. The highest BCUT2D eigenvalue weighted by molar-refractivity contribution is 5.91. The van der Waals surface area contributed by atoms with Gasteiger partial charge in [0.25, 0.3) is 5.69 Å². The Hall–Kier alpha value is -3.62. The standard InChI is InChI=1S/C17H17N3O6/c1-24-14-8-5-12(10-15(14)25-2)17(21)26-19-16(18)9-11-3-6-13(7-4-11)20(22)23/h3-8,10H,9H2,1-2H3,(H2,18,19). The first kappa shape index (κ1) is 18.7. The van der Waals surface area contributed by atoms with Crippen molar-refractivity contribution in [2.45, 2.75) is 6.42 Å². The highest BCUT2D eigenvalue weighted by atomic mass is 16.7. The van der Waals surface area contributed by atoms with Gasteiger partial charge in [-0.3, -0.25) is 10.1 Å². The average molecular weight is 359 g/mol. The highest BCUT2D eigenvalue weighted by Crippen LogP contribution is 2.27. The Morgan fingerprint density at radius 2 is 1.77 bits per heavy atom.